The van der Waals surface area contributed by atoms with Crippen molar-refractivity contribution in [1.29, 1.82) is 0 Å². The van der Waals surface area contributed by atoms with E-state index in [1.807, 2.05) is 13.8 Å². The lowest BCUT2D eigenvalue weighted by atomic mass is 10.2. The third-order valence-electron chi connectivity index (χ3n) is 3.20. The van der Waals surface area contributed by atoms with Gasteiger partial charge in [0, 0.05) is 24.8 Å². The molecule has 0 unspecified atom stereocenters. The van der Waals surface area contributed by atoms with Crippen LogP contribution >= 0.6 is 11.6 Å². The van der Waals surface area contributed by atoms with E-state index in [0.717, 1.165) is 18.4 Å². The molecule has 2 rings (SSSR count). The van der Waals surface area contributed by atoms with E-state index in [2.05, 4.69) is 10.3 Å². The Labute approximate surface area is 127 Å². The minimum absolute atomic E-state index is 0.101. The van der Waals surface area contributed by atoms with Crippen LogP contribution in [0.2, 0.25) is 5.02 Å². The molecule has 1 fully saturated rings. The van der Waals surface area contributed by atoms with Crippen molar-refractivity contribution >= 4 is 17.4 Å². The molecule has 1 aromatic heterocycles. The van der Waals surface area contributed by atoms with Crippen LogP contribution in [-0.4, -0.2) is 29.8 Å². The van der Waals surface area contributed by atoms with E-state index in [1.54, 1.807) is 12.3 Å². The normalized spacial score (nSPS) is 15.6. The van der Waals surface area contributed by atoms with E-state index in [9.17, 15) is 13.2 Å². The molecule has 1 aromatic rings. The molecule has 0 atom stereocenters. The average Bonchev–Trinajstić information content (AvgIpc) is 3.17. The van der Waals surface area contributed by atoms with Crippen molar-refractivity contribution < 1.29 is 13.2 Å². The van der Waals surface area contributed by atoms with Crippen LogP contribution in [-0.2, 0) is 6.54 Å². The Bertz CT molecular complexity index is 487. The van der Waals surface area contributed by atoms with Gasteiger partial charge in [0.2, 0.25) is 0 Å². The molecule has 0 aliphatic heterocycles. The van der Waals surface area contributed by atoms with E-state index in [1.165, 1.54) is 4.90 Å². The van der Waals surface area contributed by atoms with Gasteiger partial charge >= 0.3 is 6.18 Å². The number of hydrogen-bond acceptors (Lipinski definition) is 3. The smallest absolute Gasteiger partial charge is 0.343 e. The largest absolute Gasteiger partial charge is 0.405 e. The SMILES string of the molecule is CC(C)NCc1cnc(N(CC(F)(F)F)C2CC2)c(Cl)c1. The first-order valence-corrected chi connectivity index (χ1v) is 7.35. The lowest BCUT2D eigenvalue weighted by Gasteiger charge is -2.25. The van der Waals surface area contributed by atoms with Gasteiger partial charge in [-0.2, -0.15) is 13.2 Å². The van der Waals surface area contributed by atoms with Crippen LogP contribution in [0.4, 0.5) is 19.0 Å². The van der Waals surface area contributed by atoms with Crippen molar-refractivity contribution in [3.63, 3.8) is 0 Å². The van der Waals surface area contributed by atoms with E-state index < -0.39 is 12.7 Å². The molecule has 0 spiro atoms. The van der Waals surface area contributed by atoms with E-state index in [-0.39, 0.29) is 16.9 Å². The highest BCUT2D eigenvalue weighted by Crippen LogP contribution is 2.36. The molecule has 0 amide bonds. The molecule has 0 radical (unpaired) electrons. The summed E-state index contributed by atoms with van der Waals surface area (Å²) >= 11 is 6.14. The van der Waals surface area contributed by atoms with Crippen LogP contribution in [0.15, 0.2) is 12.3 Å². The molecular formula is C14H19ClF3N3. The summed E-state index contributed by atoms with van der Waals surface area (Å²) in [6.45, 7) is 3.62. The summed E-state index contributed by atoms with van der Waals surface area (Å²) in [5, 5.41) is 3.49. The summed E-state index contributed by atoms with van der Waals surface area (Å²) in [4.78, 5) is 5.42. The minimum atomic E-state index is -4.26. The van der Waals surface area contributed by atoms with Crippen molar-refractivity contribution in [1.82, 2.24) is 10.3 Å². The fourth-order valence-corrected chi connectivity index (χ4v) is 2.35. The van der Waals surface area contributed by atoms with E-state index in [4.69, 9.17) is 11.6 Å². The Hall–Kier alpha value is -1.01. The average molecular weight is 322 g/mol. The Morgan fingerprint density at radius 2 is 2.10 bits per heavy atom. The van der Waals surface area contributed by atoms with Crippen LogP contribution in [0.5, 0.6) is 0 Å². The van der Waals surface area contributed by atoms with Gasteiger partial charge < -0.3 is 10.2 Å². The van der Waals surface area contributed by atoms with Gasteiger partial charge in [0.1, 0.15) is 12.4 Å². The maximum absolute atomic E-state index is 12.7. The number of hydrogen-bond donors (Lipinski definition) is 1. The maximum Gasteiger partial charge on any atom is 0.405 e. The highest BCUT2D eigenvalue weighted by atomic mass is 35.5. The first-order chi connectivity index (χ1) is 9.76. The molecule has 1 saturated carbocycles. The molecule has 1 heterocycles. The Morgan fingerprint density at radius 1 is 1.43 bits per heavy atom. The van der Waals surface area contributed by atoms with Crippen molar-refractivity contribution in [2.75, 3.05) is 11.4 Å². The zero-order chi connectivity index (χ0) is 15.6. The standard InChI is InChI=1S/C14H19ClF3N3/c1-9(2)19-6-10-5-12(15)13(20-7-10)21(11-3-4-11)8-14(16,17)18/h5,7,9,11,19H,3-4,6,8H2,1-2H3. The van der Waals surface area contributed by atoms with Crippen molar-refractivity contribution in [3.8, 4) is 0 Å². The second-order valence-corrected chi connectivity index (χ2v) is 6.07. The molecule has 3 nitrogen and oxygen atoms in total. The summed E-state index contributed by atoms with van der Waals surface area (Å²) in [5.41, 5.74) is 0.861. The highest BCUT2D eigenvalue weighted by Gasteiger charge is 2.39. The monoisotopic (exact) mass is 321 g/mol. The molecule has 1 aliphatic rings. The molecule has 1 N–H and O–H groups in total. The zero-order valence-electron chi connectivity index (χ0n) is 12.0. The number of halogens is 4. The van der Waals surface area contributed by atoms with Crippen molar-refractivity contribution in [3.05, 3.63) is 22.8 Å². The number of pyridine rings is 1. The van der Waals surface area contributed by atoms with E-state index in [0.29, 0.717) is 12.6 Å². The number of rotatable bonds is 6. The van der Waals surface area contributed by atoms with Gasteiger partial charge in [0.15, 0.2) is 0 Å². The van der Waals surface area contributed by atoms with Crippen LogP contribution in [0.3, 0.4) is 0 Å². The quantitative estimate of drug-likeness (QED) is 0.864. The summed E-state index contributed by atoms with van der Waals surface area (Å²) < 4.78 is 38.0. The molecule has 0 aromatic carbocycles. The number of nitrogens with zero attached hydrogens (tertiary/aromatic N) is 2. The first-order valence-electron chi connectivity index (χ1n) is 6.97. The molecule has 0 saturated heterocycles. The van der Waals surface area contributed by atoms with Gasteiger partial charge in [-0.05, 0) is 24.5 Å². The number of aromatic nitrogens is 1. The fraction of sp³-hybridized carbons (Fsp3) is 0.643. The second-order valence-electron chi connectivity index (χ2n) is 5.66. The molecular weight excluding hydrogens is 303 g/mol. The van der Waals surface area contributed by atoms with Crippen LogP contribution in [0.25, 0.3) is 0 Å². The Morgan fingerprint density at radius 3 is 2.57 bits per heavy atom. The fourth-order valence-electron chi connectivity index (χ4n) is 2.06. The van der Waals surface area contributed by atoms with Crippen molar-refractivity contribution in [2.45, 2.75) is 51.5 Å². The van der Waals surface area contributed by atoms with Gasteiger partial charge in [-0.1, -0.05) is 25.4 Å². The first kappa shape index (κ1) is 16.4. The van der Waals surface area contributed by atoms with Gasteiger partial charge in [-0.25, -0.2) is 4.98 Å². The predicted octanol–water partition coefficient (Wildman–Crippen LogP) is 3.76. The van der Waals surface area contributed by atoms with Gasteiger partial charge in [0.25, 0.3) is 0 Å². The third-order valence-corrected chi connectivity index (χ3v) is 3.48. The molecule has 7 heteroatoms. The predicted molar refractivity (Wildman–Crippen MR) is 77.6 cm³/mol. The van der Waals surface area contributed by atoms with Gasteiger partial charge in [-0.3, -0.25) is 0 Å². The highest BCUT2D eigenvalue weighted by molar-refractivity contribution is 6.33. The topological polar surface area (TPSA) is 28.2 Å². The molecule has 0 bridgehead atoms. The molecule has 21 heavy (non-hydrogen) atoms. The molecule has 1 aliphatic carbocycles. The number of alkyl halides is 3. The van der Waals surface area contributed by atoms with Crippen LogP contribution in [0, 0.1) is 0 Å². The van der Waals surface area contributed by atoms with Crippen LogP contribution < -0.4 is 10.2 Å². The van der Waals surface area contributed by atoms with Gasteiger partial charge in [-0.15, -0.1) is 0 Å². The maximum atomic E-state index is 12.7. The summed E-state index contributed by atoms with van der Waals surface area (Å²) in [5.74, 6) is 0.227. The summed E-state index contributed by atoms with van der Waals surface area (Å²) in [6, 6.07) is 1.90. The zero-order valence-corrected chi connectivity index (χ0v) is 12.8. The Kier molecular flexibility index (Phi) is 4.99. The van der Waals surface area contributed by atoms with Crippen LogP contribution in [0.1, 0.15) is 32.3 Å². The van der Waals surface area contributed by atoms with Crippen molar-refractivity contribution in [2.24, 2.45) is 0 Å². The minimum Gasteiger partial charge on any atom is -0.343 e. The third kappa shape index (κ3) is 5.04. The molecule has 118 valence electrons. The van der Waals surface area contributed by atoms with Gasteiger partial charge in [0.05, 0.1) is 5.02 Å². The lowest BCUT2D eigenvalue weighted by Crippen LogP contribution is -2.36. The number of anilines is 1. The summed E-state index contributed by atoms with van der Waals surface area (Å²) in [7, 11) is 0. The lowest BCUT2D eigenvalue weighted by molar-refractivity contribution is -0.120. The van der Waals surface area contributed by atoms with E-state index >= 15 is 0 Å². The number of nitrogens with one attached hydrogen (secondary N) is 1. The second kappa shape index (κ2) is 6.40. The Balaban J connectivity index is 2.14. The summed E-state index contributed by atoms with van der Waals surface area (Å²) in [6.07, 6.45) is -1.16.